The quantitative estimate of drug-likeness (QED) is 0.720. The number of hydrogen-bond donors (Lipinski definition) is 2. The summed E-state index contributed by atoms with van der Waals surface area (Å²) in [7, 11) is 0. The maximum absolute atomic E-state index is 13.4. The molecule has 2 heterocycles. The fourth-order valence-electron chi connectivity index (χ4n) is 4.52. The third kappa shape index (κ3) is 5.68. The third-order valence-electron chi connectivity index (χ3n) is 6.40. The fraction of sp³-hybridized carbons (Fsp3) is 0.423. The SMILES string of the molecule is CC(=O)Nc1ccc(N2CCN(C(=O)Nc3ccc(C)cc3)CC2)c(C(=O)N2CCCCC2)c1. The van der Waals surface area contributed by atoms with Gasteiger partial charge in [-0.15, -0.1) is 0 Å². The molecule has 2 saturated heterocycles. The molecule has 2 fully saturated rings. The number of urea groups is 1. The van der Waals surface area contributed by atoms with E-state index in [0.717, 1.165) is 49.3 Å². The minimum atomic E-state index is -0.169. The first-order valence-electron chi connectivity index (χ1n) is 12.0. The normalized spacial score (nSPS) is 16.2. The van der Waals surface area contributed by atoms with Crippen molar-refractivity contribution in [3.8, 4) is 0 Å². The van der Waals surface area contributed by atoms with Crippen molar-refractivity contribution >= 4 is 34.9 Å². The van der Waals surface area contributed by atoms with Gasteiger partial charge >= 0.3 is 6.03 Å². The van der Waals surface area contributed by atoms with Crippen LogP contribution in [0.3, 0.4) is 0 Å². The van der Waals surface area contributed by atoms with Crippen molar-refractivity contribution in [3.05, 3.63) is 53.6 Å². The van der Waals surface area contributed by atoms with E-state index in [1.165, 1.54) is 6.92 Å². The van der Waals surface area contributed by atoms with Crippen LogP contribution in [-0.4, -0.2) is 66.9 Å². The summed E-state index contributed by atoms with van der Waals surface area (Å²) in [4.78, 5) is 43.6. The lowest BCUT2D eigenvalue weighted by atomic mass is 10.1. The molecule has 34 heavy (non-hydrogen) atoms. The van der Waals surface area contributed by atoms with E-state index < -0.39 is 0 Å². The van der Waals surface area contributed by atoms with Crippen LogP contribution in [0.15, 0.2) is 42.5 Å². The molecule has 8 heteroatoms. The molecule has 4 amide bonds. The first-order valence-corrected chi connectivity index (χ1v) is 12.0. The van der Waals surface area contributed by atoms with Crippen molar-refractivity contribution in [2.75, 3.05) is 54.8 Å². The fourth-order valence-corrected chi connectivity index (χ4v) is 4.52. The van der Waals surface area contributed by atoms with Crippen molar-refractivity contribution in [2.24, 2.45) is 0 Å². The Morgan fingerprint density at radius 3 is 2.03 bits per heavy atom. The first-order chi connectivity index (χ1) is 16.4. The van der Waals surface area contributed by atoms with Gasteiger partial charge in [-0.25, -0.2) is 4.79 Å². The predicted octanol–water partition coefficient (Wildman–Crippen LogP) is 3.93. The average molecular weight is 464 g/mol. The smallest absolute Gasteiger partial charge is 0.321 e. The molecule has 0 spiro atoms. The Morgan fingerprint density at radius 2 is 1.38 bits per heavy atom. The van der Waals surface area contributed by atoms with Crippen LogP contribution in [0.5, 0.6) is 0 Å². The molecule has 2 aromatic rings. The van der Waals surface area contributed by atoms with Crippen LogP contribution in [0, 0.1) is 6.92 Å². The van der Waals surface area contributed by atoms with E-state index in [-0.39, 0.29) is 17.8 Å². The number of aryl methyl sites for hydroxylation is 1. The second-order valence-corrected chi connectivity index (χ2v) is 9.04. The number of piperidine rings is 1. The molecule has 2 aliphatic heterocycles. The second-order valence-electron chi connectivity index (χ2n) is 9.04. The van der Waals surface area contributed by atoms with Crippen LogP contribution in [0.1, 0.15) is 42.1 Å². The number of piperazine rings is 1. The molecule has 180 valence electrons. The predicted molar refractivity (Wildman–Crippen MR) is 134 cm³/mol. The van der Waals surface area contributed by atoms with Gasteiger partial charge in [0.1, 0.15) is 0 Å². The number of rotatable bonds is 4. The van der Waals surface area contributed by atoms with Gasteiger partial charge in [0.05, 0.1) is 5.56 Å². The van der Waals surface area contributed by atoms with Crippen LogP contribution in [0.25, 0.3) is 0 Å². The number of nitrogens with one attached hydrogen (secondary N) is 2. The van der Waals surface area contributed by atoms with E-state index in [9.17, 15) is 14.4 Å². The minimum absolute atomic E-state index is 0.00134. The summed E-state index contributed by atoms with van der Waals surface area (Å²) in [5.41, 5.74) is 3.99. The molecule has 0 aliphatic carbocycles. The zero-order valence-corrected chi connectivity index (χ0v) is 20.0. The van der Waals surface area contributed by atoms with E-state index in [1.54, 1.807) is 11.0 Å². The minimum Gasteiger partial charge on any atom is -0.367 e. The summed E-state index contributed by atoms with van der Waals surface area (Å²) in [6.45, 7) is 7.36. The van der Waals surface area contributed by atoms with Gasteiger partial charge in [-0.2, -0.15) is 0 Å². The summed E-state index contributed by atoms with van der Waals surface area (Å²) in [5, 5.41) is 5.75. The highest BCUT2D eigenvalue weighted by molar-refractivity contribution is 6.02. The van der Waals surface area contributed by atoms with Gasteiger partial charge in [-0.05, 0) is 56.5 Å². The number of carbonyl (C=O) groups is 3. The van der Waals surface area contributed by atoms with Gasteiger partial charge in [-0.1, -0.05) is 17.7 Å². The summed E-state index contributed by atoms with van der Waals surface area (Å²) < 4.78 is 0. The number of hydrogen-bond acceptors (Lipinski definition) is 4. The molecule has 4 rings (SSSR count). The Morgan fingerprint density at radius 1 is 0.735 bits per heavy atom. The summed E-state index contributed by atoms with van der Waals surface area (Å²) >= 11 is 0. The van der Waals surface area contributed by atoms with Crippen LogP contribution >= 0.6 is 0 Å². The molecule has 2 N–H and O–H groups in total. The largest absolute Gasteiger partial charge is 0.367 e. The Labute approximate surface area is 200 Å². The van der Waals surface area contributed by atoms with E-state index in [2.05, 4.69) is 15.5 Å². The maximum Gasteiger partial charge on any atom is 0.321 e. The van der Waals surface area contributed by atoms with Crippen molar-refractivity contribution < 1.29 is 14.4 Å². The lowest BCUT2D eigenvalue weighted by molar-refractivity contribution is -0.114. The average Bonchev–Trinajstić information content (AvgIpc) is 2.85. The molecule has 0 aromatic heterocycles. The summed E-state index contributed by atoms with van der Waals surface area (Å²) in [6, 6.07) is 13.2. The first kappa shape index (κ1) is 23.6. The number of amides is 4. The highest BCUT2D eigenvalue weighted by Gasteiger charge is 2.27. The topological polar surface area (TPSA) is 85.0 Å². The Kier molecular flexibility index (Phi) is 7.35. The van der Waals surface area contributed by atoms with Crippen LogP contribution in [0.4, 0.5) is 21.9 Å². The summed E-state index contributed by atoms with van der Waals surface area (Å²) in [6.07, 6.45) is 3.18. The number of carbonyl (C=O) groups excluding carboxylic acids is 3. The van der Waals surface area contributed by atoms with Gasteiger partial charge in [0.15, 0.2) is 0 Å². The van der Waals surface area contributed by atoms with Crippen molar-refractivity contribution in [2.45, 2.75) is 33.1 Å². The Hall–Kier alpha value is -3.55. The van der Waals surface area contributed by atoms with Gasteiger partial charge in [0.2, 0.25) is 5.91 Å². The third-order valence-corrected chi connectivity index (χ3v) is 6.40. The maximum atomic E-state index is 13.4. The molecular formula is C26H33N5O3. The van der Waals surface area contributed by atoms with Crippen LogP contribution in [-0.2, 0) is 4.79 Å². The molecule has 0 radical (unpaired) electrons. The molecule has 2 aliphatic rings. The Balaban J connectivity index is 1.46. The second kappa shape index (κ2) is 10.6. The lowest BCUT2D eigenvalue weighted by Gasteiger charge is -2.37. The molecular weight excluding hydrogens is 430 g/mol. The molecule has 0 atom stereocenters. The zero-order valence-electron chi connectivity index (χ0n) is 20.0. The highest BCUT2D eigenvalue weighted by Crippen LogP contribution is 2.28. The number of benzene rings is 2. The Bertz CT molecular complexity index is 1040. The van der Waals surface area contributed by atoms with E-state index in [4.69, 9.17) is 0 Å². The standard InChI is InChI=1S/C26H33N5O3/c1-19-6-8-21(9-7-19)28-26(34)31-16-14-29(15-17-31)24-11-10-22(27-20(2)32)18-23(24)25(33)30-12-4-3-5-13-30/h6-11,18H,3-5,12-17H2,1-2H3,(H,27,32)(H,28,34). The van der Waals surface area contributed by atoms with Crippen molar-refractivity contribution in [1.29, 1.82) is 0 Å². The van der Waals surface area contributed by atoms with Crippen molar-refractivity contribution in [3.63, 3.8) is 0 Å². The zero-order chi connectivity index (χ0) is 24.1. The number of anilines is 3. The van der Waals surface area contributed by atoms with Crippen molar-refractivity contribution in [1.82, 2.24) is 9.80 Å². The van der Waals surface area contributed by atoms with Crippen LogP contribution in [0.2, 0.25) is 0 Å². The molecule has 0 saturated carbocycles. The van der Waals surface area contributed by atoms with Crippen LogP contribution < -0.4 is 15.5 Å². The molecule has 2 aromatic carbocycles. The molecule has 0 bridgehead atoms. The van der Waals surface area contributed by atoms with E-state index in [0.29, 0.717) is 37.4 Å². The van der Waals surface area contributed by atoms with Gasteiger partial charge < -0.3 is 25.3 Å². The number of likely N-dealkylation sites (tertiary alicyclic amines) is 1. The molecule has 0 unspecified atom stereocenters. The van der Waals surface area contributed by atoms with Gasteiger partial charge in [-0.3, -0.25) is 9.59 Å². The highest BCUT2D eigenvalue weighted by atomic mass is 16.2. The number of nitrogens with zero attached hydrogens (tertiary/aromatic N) is 3. The van der Waals surface area contributed by atoms with E-state index in [1.807, 2.05) is 48.2 Å². The summed E-state index contributed by atoms with van der Waals surface area (Å²) in [5.74, 6) is -0.168. The molecule has 8 nitrogen and oxygen atoms in total. The van der Waals surface area contributed by atoms with Gasteiger partial charge in [0, 0.05) is 63.3 Å². The van der Waals surface area contributed by atoms with E-state index >= 15 is 0 Å². The lowest BCUT2D eigenvalue weighted by Crippen LogP contribution is -2.50. The monoisotopic (exact) mass is 463 g/mol. The van der Waals surface area contributed by atoms with Gasteiger partial charge in [0.25, 0.3) is 5.91 Å².